The lowest BCUT2D eigenvalue weighted by Crippen LogP contribution is -2.12. The van der Waals surface area contributed by atoms with Crippen LogP contribution in [0.15, 0.2) is 12.1 Å². The highest BCUT2D eigenvalue weighted by atomic mass is 19.2. The van der Waals surface area contributed by atoms with Gasteiger partial charge in [-0.05, 0) is 25.5 Å². The largest absolute Gasteiger partial charge is 0.465 e. The van der Waals surface area contributed by atoms with Gasteiger partial charge in [-0.2, -0.15) is 0 Å². The van der Waals surface area contributed by atoms with Gasteiger partial charge in [-0.15, -0.1) is 0 Å². The number of aliphatic hydroxyl groups is 1. The molecule has 0 radical (unpaired) electrons. The van der Waals surface area contributed by atoms with Crippen LogP contribution in [-0.4, -0.2) is 30.8 Å². The van der Waals surface area contributed by atoms with E-state index < -0.39 is 29.3 Å². The Kier molecular flexibility index (Phi) is 5.03. The number of hydrogen-bond donors (Lipinski definition) is 2. The molecule has 0 saturated carbocycles. The quantitative estimate of drug-likeness (QED) is 0.793. The summed E-state index contributed by atoms with van der Waals surface area (Å²) in [7, 11) is 1.09. The summed E-state index contributed by atoms with van der Waals surface area (Å²) in [6.45, 7) is 1.89. The van der Waals surface area contributed by atoms with Crippen molar-refractivity contribution in [2.75, 3.05) is 19.0 Å². The van der Waals surface area contributed by atoms with E-state index in [1.54, 1.807) is 6.92 Å². The van der Waals surface area contributed by atoms with Crippen molar-refractivity contribution >= 4 is 11.7 Å². The van der Waals surface area contributed by atoms with E-state index in [9.17, 15) is 13.6 Å². The Hall–Kier alpha value is -1.69. The maximum atomic E-state index is 13.6. The third kappa shape index (κ3) is 3.40. The number of carbonyl (C=O) groups is 1. The maximum Gasteiger partial charge on any atom is 0.340 e. The smallest absolute Gasteiger partial charge is 0.340 e. The minimum atomic E-state index is -1.25. The fourth-order valence-corrected chi connectivity index (χ4v) is 1.37. The molecule has 0 saturated heterocycles. The first-order valence-electron chi connectivity index (χ1n) is 5.45. The molecule has 0 spiro atoms. The Bertz CT molecular complexity index is 436. The average Bonchev–Trinajstić information content (AvgIpc) is 2.33. The number of nitrogens with one attached hydrogen (secondary N) is 1. The van der Waals surface area contributed by atoms with Crippen molar-refractivity contribution in [3.8, 4) is 0 Å². The monoisotopic (exact) mass is 259 g/mol. The molecule has 18 heavy (non-hydrogen) atoms. The van der Waals surface area contributed by atoms with Crippen LogP contribution in [0, 0.1) is 11.6 Å². The summed E-state index contributed by atoms with van der Waals surface area (Å²) in [5, 5.41) is 11.7. The van der Waals surface area contributed by atoms with E-state index in [2.05, 4.69) is 10.1 Å². The molecule has 1 unspecified atom stereocenters. The lowest BCUT2D eigenvalue weighted by molar-refractivity contribution is 0.0594. The van der Waals surface area contributed by atoms with Crippen molar-refractivity contribution < 1.29 is 23.4 Å². The molecular formula is C12H15F2NO3. The Balaban J connectivity index is 2.84. The van der Waals surface area contributed by atoms with Gasteiger partial charge in [0.2, 0.25) is 0 Å². The molecule has 100 valence electrons. The number of methoxy groups -OCH3 is 1. The number of halogens is 2. The molecule has 1 aromatic carbocycles. The molecule has 0 aliphatic carbocycles. The molecule has 4 nitrogen and oxygen atoms in total. The van der Waals surface area contributed by atoms with Crippen molar-refractivity contribution in [3.63, 3.8) is 0 Å². The van der Waals surface area contributed by atoms with Gasteiger partial charge in [0.05, 0.1) is 24.5 Å². The van der Waals surface area contributed by atoms with E-state index in [1.807, 2.05) is 0 Å². The molecule has 0 bridgehead atoms. The highest BCUT2D eigenvalue weighted by Crippen LogP contribution is 2.21. The third-order valence-corrected chi connectivity index (χ3v) is 2.37. The Labute approximate surface area is 104 Å². The second kappa shape index (κ2) is 6.30. The second-order valence-electron chi connectivity index (χ2n) is 3.84. The Morgan fingerprint density at radius 3 is 2.67 bits per heavy atom. The zero-order chi connectivity index (χ0) is 13.7. The van der Waals surface area contributed by atoms with Crippen LogP contribution in [0.25, 0.3) is 0 Å². The van der Waals surface area contributed by atoms with E-state index in [4.69, 9.17) is 5.11 Å². The predicted molar refractivity (Wildman–Crippen MR) is 62.5 cm³/mol. The summed E-state index contributed by atoms with van der Waals surface area (Å²) in [5.41, 5.74) is -0.503. The first kappa shape index (κ1) is 14.4. The first-order chi connectivity index (χ1) is 8.47. The summed E-state index contributed by atoms with van der Waals surface area (Å²) < 4.78 is 31.4. The van der Waals surface area contributed by atoms with Crippen LogP contribution in [-0.2, 0) is 4.74 Å². The first-order valence-corrected chi connectivity index (χ1v) is 5.45. The van der Waals surface area contributed by atoms with E-state index in [-0.39, 0.29) is 5.69 Å². The van der Waals surface area contributed by atoms with Gasteiger partial charge in [0.15, 0.2) is 11.6 Å². The third-order valence-electron chi connectivity index (χ3n) is 2.37. The molecule has 6 heteroatoms. The zero-order valence-corrected chi connectivity index (χ0v) is 10.2. The number of aliphatic hydroxyl groups excluding tert-OH is 1. The van der Waals surface area contributed by atoms with Crippen LogP contribution in [0.2, 0.25) is 0 Å². The van der Waals surface area contributed by atoms with E-state index in [0.29, 0.717) is 13.0 Å². The topological polar surface area (TPSA) is 58.6 Å². The van der Waals surface area contributed by atoms with Gasteiger partial charge >= 0.3 is 5.97 Å². The predicted octanol–water partition coefficient (Wildman–Crippen LogP) is 1.93. The Morgan fingerprint density at radius 1 is 1.44 bits per heavy atom. The van der Waals surface area contributed by atoms with E-state index >= 15 is 0 Å². The van der Waals surface area contributed by atoms with Crippen LogP contribution in [0.3, 0.4) is 0 Å². The number of benzene rings is 1. The number of esters is 1. The molecule has 1 aromatic rings. The molecule has 0 aliphatic rings. The summed E-state index contributed by atoms with van der Waals surface area (Å²) in [6.07, 6.45) is -0.125. The molecule has 0 fully saturated rings. The SMILES string of the molecule is COC(=O)c1ccc(NCCC(C)O)c(F)c1F. The van der Waals surface area contributed by atoms with Crippen LogP contribution in [0.5, 0.6) is 0 Å². The molecule has 0 aromatic heterocycles. The minimum Gasteiger partial charge on any atom is -0.465 e. The number of carbonyl (C=O) groups excluding carboxylic acids is 1. The van der Waals surface area contributed by atoms with E-state index in [0.717, 1.165) is 13.2 Å². The molecule has 0 amide bonds. The van der Waals surface area contributed by atoms with Crippen LogP contribution in [0.1, 0.15) is 23.7 Å². The lowest BCUT2D eigenvalue weighted by Gasteiger charge is -2.10. The van der Waals surface area contributed by atoms with E-state index in [1.165, 1.54) is 6.07 Å². The second-order valence-corrected chi connectivity index (χ2v) is 3.84. The fraction of sp³-hybridized carbons (Fsp3) is 0.417. The average molecular weight is 259 g/mol. The van der Waals surface area contributed by atoms with Crippen molar-refractivity contribution in [2.45, 2.75) is 19.4 Å². The van der Waals surface area contributed by atoms with Crippen molar-refractivity contribution in [2.24, 2.45) is 0 Å². The molecule has 1 atom stereocenters. The highest BCUT2D eigenvalue weighted by molar-refractivity contribution is 5.90. The van der Waals surface area contributed by atoms with Gasteiger partial charge in [-0.3, -0.25) is 0 Å². The van der Waals surface area contributed by atoms with Crippen molar-refractivity contribution in [3.05, 3.63) is 29.3 Å². The van der Waals surface area contributed by atoms with Crippen LogP contribution in [0.4, 0.5) is 14.5 Å². The van der Waals surface area contributed by atoms with Gasteiger partial charge in [0.25, 0.3) is 0 Å². The fourth-order valence-electron chi connectivity index (χ4n) is 1.37. The molecule has 0 aliphatic heterocycles. The lowest BCUT2D eigenvalue weighted by atomic mass is 10.1. The molecule has 0 heterocycles. The Morgan fingerprint density at radius 2 is 2.11 bits per heavy atom. The summed E-state index contributed by atoms with van der Waals surface area (Å²) in [6, 6.07) is 2.40. The van der Waals surface area contributed by atoms with Gasteiger partial charge in [0.1, 0.15) is 0 Å². The van der Waals surface area contributed by atoms with Gasteiger partial charge in [-0.25, -0.2) is 13.6 Å². The van der Waals surface area contributed by atoms with Gasteiger partial charge in [0, 0.05) is 6.54 Å². The normalized spacial score (nSPS) is 12.1. The summed E-state index contributed by atoms with van der Waals surface area (Å²) >= 11 is 0. The van der Waals surface area contributed by atoms with Gasteiger partial charge < -0.3 is 15.2 Å². The molecule has 1 rings (SSSR count). The van der Waals surface area contributed by atoms with Gasteiger partial charge in [-0.1, -0.05) is 0 Å². The molecule has 2 N–H and O–H groups in total. The zero-order valence-electron chi connectivity index (χ0n) is 10.2. The van der Waals surface area contributed by atoms with Crippen LogP contribution >= 0.6 is 0 Å². The minimum absolute atomic E-state index is 0.0548. The number of anilines is 1. The summed E-state index contributed by atoms with van der Waals surface area (Å²) in [4.78, 5) is 11.1. The van der Waals surface area contributed by atoms with Crippen molar-refractivity contribution in [1.29, 1.82) is 0 Å². The molecular weight excluding hydrogens is 244 g/mol. The van der Waals surface area contributed by atoms with Crippen LogP contribution < -0.4 is 5.32 Å². The number of hydrogen-bond acceptors (Lipinski definition) is 4. The summed E-state index contributed by atoms with van der Waals surface area (Å²) in [5.74, 6) is -3.31. The number of rotatable bonds is 5. The van der Waals surface area contributed by atoms with Crippen molar-refractivity contribution in [1.82, 2.24) is 0 Å². The highest BCUT2D eigenvalue weighted by Gasteiger charge is 2.18. The maximum absolute atomic E-state index is 13.6. The standard InChI is InChI=1S/C12H15F2NO3/c1-7(16)5-6-15-9-4-3-8(12(17)18-2)10(13)11(9)14/h3-4,7,15-16H,5-6H2,1-2H3. The number of ether oxygens (including phenoxy) is 1.